The molecular weight excluding hydrogens is 326 g/mol. The molecular formula is C21H25N3O2. The van der Waals surface area contributed by atoms with E-state index in [9.17, 15) is 9.59 Å². The Balaban J connectivity index is 1.73. The van der Waals surface area contributed by atoms with Crippen LogP contribution >= 0.6 is 0 Å². The molecule has 1 fully saturated rings. The summed E-state index contributed by atoms with van der Waals surface area (Å²) in [6.07, 6.45) is 2.13. The second-order valence-electron chi connectivity index (χ2n) is 6.98. The quantitative estimate of drug-likeness (QED) is 0.717. The molecule has 0 saturated heterocycles. The third-order valence-electron chi connectivity index (χ3n) is 4.20. The standard InChI is InChI=1S/C21H25N3O2/c1-14(2)22-21(26)19(15-6-4-3-5-7-15)23-17-10-8-16(9-11-17)20(25)24-18-12-13-18/h3-11,14,18-19,23H,12-13H2,1-2H3,(H,22,26)(H,24,25). The van der Waals surface area contributed by atoms with Gasteiger partial charge >= 0.3 is 0 Å². The summed E-state index contributed by atoms with van der Waals surface area (Å²) in [5, 5.41) is 9.20. The minimum Gasteiger partial charge on any atom is -0.370 e. The molecule has 3 N–H and O–H groups in total. The van der Waals surface area contributed by atoms with Gasteiger partial charge in [-0.1, -0.05) is 30.3 Å². The predicted octanol–water partition coefficient (Wildman–Crippen LogP) is 3.26. The van der Waals surface area contributed by atoms with Gasteiger partial charge in [-0.2, -0.15) is 0 Å². The average molecular weight is 351 g/mol. The number of carbonyl (C=O) groups is 2. The van der Waals surface area contributed by atoms with Crippen molar-refractivity contribution in [2.75, 3.05) is 5.32 Å². The van der Waals surface area contributed by atoms with Crippen LogP contribution in [-0.4, -0.2) is 23.9 Å². The first-order valence-corrected chi connectivity index (χ1v) is 9.05. The molecule has 1 aliphatic rings. The summed E-state index contributed by atoms with van der Waals surface area (Å²) in [7, 11) is 0. The molecule has 26 heavy (non-hydrogen) atoms. The molecule has 0 heterocycles. The summed E-state index contributed by atoms with van der Waals surface area (Å²) in [5.74, 6) is -0.127. The van der Waals surface area contributed by atoms with Gasteiger partial charge < -0.3 is 16.0 Å². The molecule has 2 amide bonds. The highest BCUT2D eigenvalue weighted by atomic mass is 16.2. The third-order valence-corrected chi connectivity index (χ3v) is 4.20. The maximum atomic E-state index is 12.6. The minimum atomic E-state index is -0.496. The van der Waals surface area contributed by atoms with Crippen LogP contribution in [0.2, 0.25) is 0 Å². The topological polar surface area (TPSA) is 70.2 Å². The molecule has 5 nitrogen and oxygen atoms in total. The average Bonchev–Trinajstić information content (AvgIpc) is 3.44. The Labute approximate surface area is 154 Å². The molecule has 136 valence electrons. The van der Waals surface area contributed by atoms with E-state index >= 15 is 0 Å². The number of hydrogen-bond acceptors (Lipinski definition) is 3. The Kier molecular flexibility index (Phi) is 5.56. The molecule has 0 radical (unpaired) electrons. The van der Waals surface area contributed by atoms with Gasteiger partial charge in [0.2, 0.25) is 5.91 Å². The zero-order chi connectivity index (χ0) is 18.5. The van der Waals surface area contributed by atoms with Gasteiger partial charge in [-0.15, -0.1) is 0 Å². The summed E-state index contributed by atoms with van der Waals surface area (Å²) in [4.78, 5) is 24.7. The van der Waals surface area contributed by atoms with E-state index in [4.69, 9.17) is 0 Å². The summed E-state index contributed by atoms with van der Waals surface area (Å²) in [5.41, 5.74) is 2.31. The molecule has 2 aromatic carbocycles. The number of nitrogens with one attached hydrogen (secondary N) is 3. The maximum Gasteiger partial charge on any atom is 0.251 e. The van der Waals surface area contributed by atoms with E-state index in [1.54, 1.807) is 12.1 Å². The third kappa shape index (κ3) is 4.85. The van der Waals surface area contributed by atoms with Crippen molar-refractivity contribution >= 4 is 17.5 Å². The van der Waals surface area contributed by atoms with Crippen molar-refractivity contribution < 1.29 is 9.59 Å². The highest BCUT2D eigenvalue weighted by Crippen LogP contribution is 2.22. The molecule has 0 aromatic heterocycles. The Hall–Kier alpha value is -2.82. The first-order chi connectivity index (χ1) is 12.5. The molecule has 0 bridgehead atoms. The van der Waals surface area contributed by atoms with Crippen molar-refractivity contribution in [3.05, 3.63) is 65.7 Å². The number of amides is 2. The lowest BCUT2D eigenvalue weighted by molar-refractivity contribution is -0.122. The van der Waals surface area contributed by atoms with E-state index in [1.165, 1.54) is 0 Å². The number of rotatable bonds is 7. The smallest absolute Gasteiger partial charge is 0.251 e. The van der Waals surface area contributed by atoms with Crippen LogP contribution in [0.25, 0.3) is 0 Å². The largest absolute Gasteiger partial charge is 0.370 e. The van der Waals surface area contributed by atoms with Gasteiger partial charge in [-0.25, -0.2) is 0 Å². The van der Waals surface area contributed by atoms with Gasteiger partial charge in [0.15, 0.2) is 0 Å². The van der Waals surface area contributed by atoms with Crippen molar-refractivity contribution in [2.24, 2.45) is 0 Å². The fourth-order valence-electron chi connectivity index (χ4n) is 2.69. The predicted molar refractivity (Wildman–Crippen MR) is 103 cm³/mol. The zero-order valence-electron chi connectivity index (χ0n) is 15.2. The van der Waals surface area contributed by atoms with E-state index in [1.807, 2.05) is 56.3 Å². The van der Waals surface area contributed by atoms with E-state index in [-0.39, 0.29) is 17.9 Å². The summed E-state index contributed by atoms with van der Waals surface area (Å²) in [6, 6.07) is 16.7. The summed E-state index contributed by atoms with van der Waals surface area (Å²) in [6.45, 7) is 3.88. The van der Waals surface area contributed by atoms with E-state index in [0.717, 1.165) is 24.1 Å². The highest BCUT2D eigenvalue weighted by Gasteiger charge is 2.24. The van der Waals surface area contributed by atoms with Crippen LogP contribution < -0.4 is 16.0 Å². The second kappa shape index (κ2) is 8.04. The van der Waals surface area contributed by atoms with Gasteiger partial charge in [0.25, 0.3) is 5.91 Å². The monoisotopic (exact) mass is 351 g/mol. The van der Waals surface area contributed by atoms with Crippen molar-refractivity contribution in [3.8, 4) is 0 Å². The summed E-state index contributed by atoms with van der Waals surface area (Å²) < 4.78 is 0. The van der Waals surface area contributed by atoms with Crippen LogP contribution in [0.1, 0.15) is 48.7 Å². The summed E-state index contributed by atoms with van der Waals surface area (Å²) >= 11 is 0. The molecule has 1 saturated carbocycles. The lowest BCUT2D eigenvalue weighted by Gasteiger charge is -2.21. The minimum absolute atomic E-state index is 0.0452. The molecule has 1 unspecified atom stereocenters. The number of hydrogen-bond donors (Lipinski definition) is 3. The van der Waals surface area contributed by atoms with Gasteiger partial charge in [0.05, 0.1) is 0 Å². The molecule has 1 atom stereocenters. The van der Waals surface area contributed by atoms with Gasteiger partial charge in [0.1, 0.15) is 6.04 Å². The van der Waals surface area contributed by atoms with Crippen LogP contribution in [0.4, 0.5) is 5.69 Å². The van der Waals surface area contributed by atoms with Gasteiger partial charge in [-0.3, -0.25) is 9.59 Å². The SMILES string of the molecule is CC(C)NC(=O)C(Nc1ccc(C(=O)NC2CC2)cc1)c1ccccc1. The van der Waals surface area contributed by atoms with Crippen molar-refractivity contribution in [2.45, 2.75) is 44.8 Å². The molecule has 0 spiro atoms. The van der Waals surface area contributed by atoms with Gasteiger partial charge in [-0.05, 0) is 56.5 Å². The van der Waals surface area contributed by atoms with Crippen molar-refractivity contribution in [1.29, 1.82) is 0 Å². The number of carbonyl (C=O) groups excluding carboxylic acids is 2. The Morgan fingerprint density at radius 2 is 1.62 bits per heavy atom. The van der Waals surface area contributed by atoms with E-state index in [2.05, 4.69) is 16.0 Å². The van der Waals surface area contributed by atoms with E-state index in [0.29, 0.717) is 11.6 Å². The van der Waals surface area contributed by atoms with Gasteiger partial charge in [0, 0.05) is 23.3 Å². The normalized spacial score (nSPS) is 14.6. The molecule has 0 aliphatic heterocycles. The van der Waals surface area contributed by atoms with Crippen molar-refractivity contribution in [3.63, 3.8) is 0 Å². The maximum absolute atomic E-state index is 12.6. The van der Waals surface area contributed by atoms with Crippen LogP contribution in [0, 0.1) is 0 Å². The van der Waals surface area contributed by atoms with Crippen LogP contribution in [0.5, 0.6) is 0 Å². The number of anilines is 1. The Morgan fingerprint density at radius 1 is 0.962 bits per heavy atom. The fourth-order valence-corrected chi connectivity index (χ4v) is 2.69. The van der Waals surface area contributed by atoms with Crippen molar-refractivity contribution in [1.82, 2.24) is 10.6 Å². The van der Waals surface area contributed by atoms with Crippen LogP contribution in [0.3, 0.4) is 0 Å². The second-order valence-corrected chi connectivity index (χ2v) is 6.98. The lowest BCUT2D eigenvalue weighted by Crippen LogP contribution is -2.37. The Morgan fingerprint density at radius 3 is 2.19 bits per heavy atom. The Bertz CT molecular complexity index is 753. The number of benzene rings is 2. The molecule has 1 aliphatic carbocycles. The first-order valence-electron chi connectivity index (χ1n) is 9.05. The fraction of sp³-hybridized carbons (Fsp3) is 0.333. The van der Waals surface area contributed by atoms with Crippen LogP contribution in [0.15, 0.2) is 54.6 Å². The molecule has 5 heteroatoms. The van der Waals surface area contributed by atoms with Crippen LogP contribution in [-0.2, 0) is 4.79 Å². The lowest BCUT2D eigenvalue weighted by atomic mass is 10.0. The highest BCUT2D eigenvalue weighted by molar-refractivity contribution is 5.95. The molecule has 3 rings (SSSR count). The zero-order valence-corrected chi connectivity index (χ0v) is 15.2. The first kappa shape index (κ1) is 18.0. The van der Waals surface area contributed by atoms with E-state index < -0.39 is 6.04 Å². The molecule has 2 aromatic rings.